The molecule has 0 saturated heterocycles. The number of methoxy groups -OCH3 is 1. The maximum absolute atomic E-state index is 12.7. The third-order valence-corrected chi connectivity index (χ3v) is 2.64. The van der Waals surface area contributed by atoms with Gasteiger partial charge in [0.2, 0.25) is 0 Å². The van der Waals surface area contributed by atoms with E-state index < -0.39 is 23.9 Å². The third kappa shape index (κ3) is 3.20. The molecule has 0 aliphatic heterocycles. The van der Waals surface area contributed by atoms with Gasteiger partial charge in [0.25, 0.3) is 0 Å². The predicted octanol–water partition coefficient (Wildman–Crippen LogP) is 3.16. The van der Waals surface area contributed by atoms with Gasteiger partial charge in [-0.25, -0.2) is 0 Å². The van der Waals surface area contributed by atoms with E-state index in [0.29, 0.717) is 6.42 Å². The molecule has 0 spiro atoms. The summed E-state index contributed by atoms with van der Waals surface area (Å²) in [7, 11) is 1.37. The number of benzene rings is 1. The minimum Gasteiger partial charge on any atom is -0.386 e. The van der Waals surface area contributed by atoms with Crippen LogP contribution in [0, 0.1) is 0 Å². The molecule has 0 aliphatic rings. The SMILES string of the molecule is CCC(OC)C(O)c1ccccc1C(F)(F)F. The molecule has 17 heavy (non-hydrogen) atoms. The topological polar surface area (TPSA) is 29.5 Å². The van der Waals surface area contributed by atoms with E-state index >= 15 is 0 Å². The van der Waals surface area contributed by atoms with E-state index in [1.54, 1.807) is 6.92 Å². The van der Waals surface area contributed by atoms with E-state index in [-0.39, 0.29) is 5.56 Å². The van der Waals surface area contributed by atoms with Crippen molar-refractivity contribution in [3.8, 4) is 0 Å². The molecule has 2 nitrogen and oxygen atoms in total. The number of ether oxygens (including phenoxy) is 1. The van der Waals surface area contributed by atoms with Crippen LogP contribution in [0.25, 0.3) is 0 Å². The Kier molecular flexibility index (Phi) is 4.54. The van der Waals surface area contributed by atoms with Crippen molar-refractivity contribution in [1.82, 2.24) is 0 Å². The van der Waals surface area contributed by atoms with Crippen LogP contribution in [0.3, 0.4) is 0 Å². The van der Waals surface area contributed by atoms with Gasteiger partial charge in [-0.2, -0.15) is 13.2 Å². The Labute approximate surface area is 98.0 Å². The molecule has 0 heterocycles. The van der Waals surface area contributed by atoms with Crippen molar-refractivity contribution >= 4 is 0 Å². The molecule has 1 aromatic rings. The van der Waals surface area contributed by atoms with Gasteiger partial charge in [-0.15, -0.1) is 0 Å². The fourth-order valence-corrected chi connectivity index (χ4v) is 1.73. The van der Waals surface area contributed by atoms with Gasteiger partial charge < -0.3 is 9.84 Å². The zero-order valence-corrected chi connectivity index (χ0v) is 9.66. The zero-order chi connectivity index (χ0) is 13.1. The van der Waals surface area contributed by atoms with Crippen LogP contribution in [0.4, 0.5) is 13.2 Å². The third-order valence-electron chi connectivity index (χ3n) is 2.64. The zero-order valence-electron chi connectivity index (χ0n) is 9.66. The first-order chi connectivity index (χ1) is 7.91. The first kappa shape index (κ1) is 14.0. The summed E-state index contributed by atoms with van der Waals surface area (Å²) in [6.07, 6.45) is -5.95. The van der Waals surface area contributed by atoms with Crippen molar-refractivity contribution in [1.29, 1.82) is 0 Å². The Morgan fingerprint density at radius 3 is 2.35 bits per heavy atom. The predicted molar refractivity (Wildman–Crippen MR) is 57.5 cm³/mol. The second-order valence-corrected chi connectivity index (χ2v) is 3.71. The van der Waals surface area contributed by atoms with Gasteiger partial charge in [0.05, 0.1) is 11.7 Å². The van der Waals surface area contributed by atoms with Gasteiger partial charge in [0, 0.05) is 7.11 Å². The molecule has 5 heteroatoms. The van der Waals surface area contributed by atoms with Crippen molar-refractivity contribution in [3.05, 3.63) is 35.4 Å². The quantitative estimate of drug-likeness (QED) is 0.886. The Bertz CT molecular complexity index is 359. The van der Waals surface area contributed by atoms with E-state index in [0.717, 1.165) is 6.07 Å². The smallest absolute Gasteiger partial charge is 0.386 e. The minimum absolute atomic E-state index is 0.145. The van der Waals surface area contributed by atoms with E-state index in [1.807, 2.05) is 0 Å². The van der Waals surface area contributed by atoms with Crippen molar-refractivity contribution < 1.29 is 23.0 Å². The van der Waals surface area contributed by atoms with Gasteiger partial charge in [-0.05, 0) is 18.1 Å². The maximum Gasteiger partial charge on any atom is 0.416 e. The van der Waals surface area contributed by atoms with Gasteiger partial charge in [-0.1, -0.05) is 25.1 Å². The molecular weight excluding hydrogens is 233 g/mol. The molecule has 0 saturated carbocycles. The second-order valence-electron chi connectivity index (χ2n) is 3.71. The summed E-state index contributed by atoms with van der Waals surface area (Å²) in [4.78, 5) is 0. The van der Waals surface area contributed by atoms with E-state index in [2.05, 4.69) is 0 Å². The van der Waals surface area contributed by atoms with Crippen LogP contribution >= 0.6 is 0 Å². The fraction of sp³-hybridized carbons (Fsp3) is 0.500. The van der Waals surface area contributed by atoms with E-state index in [1.165, 1.54) is 25.3 Å². The minimum atomic E-state index is -4.47. The van der Waals surface area contributed by atoms with Crippen LogP contribution in [-0.4, -0.2) is 18.3 Å². The standard InChI is InChI=1S/C12H15F3O2/c1-3-10(17-2)11(16)8-6-4-5-7-9(8)12(13,14)15/h4-7,10-11,16H,3H2,1-2H3. The molecule has 0 radical (unpaired) electrons. The number of aliphatic hydroxyl groups is 1. The lowest BCUT2D eigenvalue weighted by Crippen LogP contribution is -2.23. The Morgan fingerprint density at radius 1 is 1.29 bits per heavy atom. The summed E-state index contributed by atoms with van der Waals surface area (Å²) < 4.78 is 43.2. The number of aliphatic hydroxyl groups excluding tert-OH is 1. The molecular formula is C12H15F3O2. The Morgan fingerprint density at radius 2 is 1.88 bits per heavy atom. The van der Waals surface area contributed by atoms with Crippen LogP contribution in [0.15, 0.2) is 24.3 Å². The summed E-state index contributed by atoms with van der Waals surface area (Å²) >= 11 is 0. The lowest BCUT2D eigenvalue weighted by Gasteiger charge is -2.23. The van der Waals surface area contributed by atoms with Gasteiger partial charge in [0.15, 0.2) is 0 Å². The number of hydrogen-bond acceptors (Lipinski definition) is 2. The van der Waals surface area contributed by atoms with Crippen molar-refractivity contribution in [2.24, 2.45) is 0 Å². The second kappa shape index (κ2) is 5.51. The maximum atomic E-state index is 12.7. The summed E-state index contributed by atoms with van der Waals surface area (Å²) in [6, 6.07) is 5.00. The highest BCUT2D eigenvalue weighted by molar-refractivity contribution is 5.32. The summed E-state index contributed by atoms with van der Waals surface area (Å²) in [5.41, 5.74) is -0.961. The highest BCUT2D eigenvalue weighted by Crippen LogP contribution is 2.36. The molecule has 0 bridgehead atoms. The number of hydrogen-bond donors (Lipinski definition) is 1. The molecule has 1 N–H and O–H groups in total. The monoisotopic (exact) mass is 248 g/mol. The highest BCUT2D eigenvalue weighted by atomic mass is 19.4. The van der Waals surface area contributed by atoms with Crippen molar-refractivity contribution in [2.45, 2.75) is 31.7 Å². The van der Waals surface area contributed by atoms with Gasteiger partial charge in [0.1, 0.15) is 6.10 Å². The van der Waals surface area contributed by atoms with Crippen LogP contribution in [0.1, 0.15) is 30.6 Å². The van der Waals surface area contributed by atoms with E-state index in [9.17, 15) is 18.3 Å². The lowest BCUT2D eigenvalue weighted by atomic mass is 9.97. The normalized spacial score (nSPS) is 15.6. The Balaban J connectivity index is 3.13. The molecule has 1 aromatic carbocycles. The Hall–Kier alpha value is -1.07. The van der Waals surface area contributed by atoms with Gasteiger partial charge in [-0.3, -0.25) is 0 Å². The highest BCUT2D eigenvalue weighted by Gasteiger charge is 2.36. The van der Waals surface area contributed by atoms with Crippen LogP contribution in [0.2, 0.25) is 0 Å². The average molecular weight is 248 g/mol. The van der Waals surface area contributed by atoms with Crippen LogP contribution < -0.4 is 0 Å². The summed E-state index contributed by atoms with van der Waals surface area (Å²) in [6.45, 7) is 1.74. The van der Waals surface area contributed by atoms with Gasteiger partial charge >= 0.3 is 6.18 Å². The molecule has 0 fully saturated rings. The molecule has 0 aromatic heterocycles. The van der Waals surface area contributed by atoms with E-state index in [4.69, 9.17) is 4.74 Å². The largest absolute Gasteiger partial charge is 0.416 e. The number of rotatable bonds is 4. The average Bonchev–Trinajstić information content (AvgIpc) is 2.29. The molecule has 0 amide bonds. The van der Waals surface area contributed by atoms with Crippen LogP contribution in [-0.2, 0) is 10.9 Å². The summed E-state index contributed by atoms with van der Waals surface area (Å²) in [5.74, 6) is 0. The molecule has 2 atom stereocenters. The first-order valence-corrected chi connectivity index (χ1v) is 5.28. The van der Waals surface area contributed by atoms with Crippen molar-refractivity contribution in [3.63, 3.8) is 0 Å². The van der Waals surface area contributed by atoms with Crippen LogP contribution in [0.5, 0.6) is 0 Å². The van der Waals surface area contributed by atoms with Crippen molar-refractivity contribution in [2.75, 3.05) is 7.11 Å². The molecule has 0 aliphatic carbocycles. The molecule has 1 rings (SSSR count). The summed E-state index contributed by atoms with van der Waals surface area (Å²) in [5, 5.41) is 9.90. The molecule has 96 valence electrons. The first-order valence-electron chi connectivity index (χ1n) is 5.28. The number of halogens is 3. The molecule has 2 unspecified atom stereocenters. The fourth-order valence-electron chi connectivity index (χ4n) is 1.73. The lowest BCUT2D eigenvalue weighted by molar-refractivity contribution is -0.140. The number of alkyl halides is 3.